The van der Waals surface area contributed by atoms with Gasteiger partial charge in [-0.05, 0) is 37.1 Å². The first-order valence-corrected chi connectivity index (χ1v) is 10.7. The van der Waals surface area contributed by atoms with E-state index in [4.69, 9.17) is 9.47 Å². The normalized spacial score (nSPS) is 11.0. The number of nitrogens with zero attached hydrogens (tertiary/aromatic N) is 4. The van der Waals surface area contributed by atoms with Crippen molar-refractivity contribution in [1.82, 2.24) is 14.5 Å². The second kappa shape index (κ2) is 11.1. The third kappa shape index (κ3) is 6.41. The van der Waals surface area contributed by atoms with Crippen molar-refractivity contribution >= 4 is 28.7 Å². The molecule has 0 saturated heterocycles. The molecular weight excluding hydrogens is 402 g/mol. The SMILES string of the molecule is CCCOc1ccc(C=NNc2nc(CC(=O)OCC)cs2)cc1Cn1ccnc1. The van der Waals surface area contributed by atoms with Gasteiger partial charge in [0, 0.05) is 23.3 Å². The summed E-state index contributed by atoms with van der Waals surface area (Å²) in [6.45, 7) is 5.56. The van der Waals surface area contributed by atoms with E-state index >= 15 is 0 Å². The first kappa shape index (κ1) is 21.5. The van der Waals surface area contributed by atoms with Crippen molar-refractivity contribution < 1.29 is 14.3 Å². The van der Waals surface area contributed by atoms with E-state index in [0.29, 0.717) is 30.6 Å². The van der Waals surface area contributed by atoms with Gasteiger partial charge in [0.1, 0.15) is 5.75 Å². The Labute approximate surface area is 179 Å². The minimum absolute atomic E-state index is 0.159. The van der Waals surface area contributed by atoms with E-state index < -0.39 is 0 Å². The Kier molecular flexibility index (Phi) is 7.96. The number of thiazole rings is 1. The number of benzene rings is 1. The van der Waals surface area contributed by atoms with Crippen molar-refractivity contribution in [3.8, 4) is 5.75 Å². The Balaban J connectivity index is 1.64. The zero-order valence-electron chi connectivity index (χ0n) is 17.1. The van der Waals surface area contributed by atoms with Crippen LogP contribution in [-0.2, 0) is 22.5 Å². The highest BCUT2D eigenvalue weighted by Crippen LogP contribution is 2.21. The number of hydrogen-bond donors (Lipinski definition) is 1. The number of anilines is 1. The van der Waals surface area contributed by atoms with Gasteiger partial charge in [-0.2, -0.15) is 5.10 Å². The Bertz CT molecular complexity index is 969. The summed E-state index contributed by atoms with van der Waals surface area (Å²) in [4.78, 5) is 20.0. The van der Waals surface area contributed by atoms with E-state index in [9.17, 15) is 4.79 Å². The number of esters is 1. The predicted octanol–water partition coefficient (Wildman–Crippen LogP) is 3.73. The zero-order valence-corrected chi connectivity index (χ0v) is 17.9. The first-order chi connectivity index (χ1) is 14.7. The van der Waals surface area contributed by atoms with Crippen LogP contribution < -0.4 is 10.2 Å². The molecule has 0 aliphatic heterocycles. The van der Waals surface area contributed by atoms with Crippen LogP contribution in [0.15, 0.2) is 47.4 Å². The van der Waals surface area contributed by atoms with Gasteiger partial charge in [-0.1, -0.05) is 6.92 Å². The maximum Gasteiger partial charge on any atom is 0.311 e. The lowest BCUT2D eigenvalue weighted by Crippen LogP contribution is -2.07. The smallest absolute Gasteiger partial charge is 0.311 e. The minimum Gasteiger partial charge on any atom is -0.493 e. The molecule has 1 aromatic carbocycles. The van der Waals surface area contributed by atoms with Gasteiger partial charge in [0.2, 0.25) is 5.13 Å². The molecule has 0 unspecified atom stereocenters. The number of hydrazone groups is 1. The molecule has 2 aromatic heterocycles. The predicted molar refractivity (Wildman–Crippen MR) is 117 cm³/mol. The van der Waals surface area contributed by atoms with Gasteiger partial charge in [0.15, 0.2) is 0 Å². The van der Waals surface area contributed by atoms with Gasteiger partial charge in [-0.3, -0.25) is 10.2 Å². The van der Waals surface area contributed by atoms with E-state index in [1.807, 2.05) is 34.3 Å². The summed E-state index contributed by atoms with van der Waals surface area (Å²) in [5, 5.41) is 6.70. The quantitative estimate of drug-likeness (QED) is 0.285. The molecule has 0 fully saturated rings. The molecule has 0 amide bonds. The zero-order chi connectivity index (χ0) is 21.2. The van der Waals surface area contributed by atoms with Gasteiger partial charge in [0.05, 0.1) is 44.4 Å². The molecular formula is C21H25N5O3S. The monoisotopic (exact) mass is 427 g/mol. The van der Waals surface area contributed by atoms with Gasteiger partial charge < -0.3 is 14.0 Å². The number of imidazole rings is 1. The molecule has 0 spiro atoms. The average molecular weight is 428 g/mol. The molecule has 2 heterocycles. The summed E-state index contributed by atoms with van der Waals surface area (Å²) in [5.41, 5.74) is 5.56. The maximum atomic E-state index is 11.5. The molecule has 3 aromatic rings. The van der Waals surface area contributed by atoms with E-state index in [1.165, 1.54) is 11.3 Å². The van der Waals surface area contributed by atoms with Crippen LogP contribution in [0.1, 0.15) is 37.1 Å². The van der Waals surface area contributed by atoms with Crippen molar-refractivity contribution in [2.75, 3.05) is 18.6 Å². The van der Waals surface area contributed by atoms with Crippen molar-refractivity contribution in [3.05, 3.63) is 59.1 Å². The molecule has 0 saturated carbocycles. The molecule has 158 valence electrons. The molecule has 8 nitrogen and oxygen atoms in total. The van der Waals surface area contributed by atoms with Crippen LogP contribution >= 0.6 is 11.3 Å². The molecule has 30 heavy (non-hydrogen) atoms. The molecule has 9 heteroatoms. The van der Waals surface area contributed by atoms with E-state index in [2.05, 4.69) is 27.4 Å². The van der Waals surface area contributed by atoms with Crippen LogP contribution in [0.4, 0.5) is 5.13 Å². The molecule has 0 radical (unpaired) electrons. The maximum absolute atomic E-state index is 11.5. The molecule has 3 rings (SSSR count). The van der Waals surface area contributed by atoms with Crippen molar-refractivity contribution in [3.63, 3.8) is 0 Å². The third-order valence-electron chi connectivity index (χ3n) is 4.01. The Morgan fingerprint density at radius 1 is 1.37 bits per heavy atom. The minimum atomic E-state index is -0.284. The van der Waals surface area contributed by atoms with E-state index in [0.717, 1.165) is 23.3 Å². The summed E-state index contributed by atoms with van der Waals surface area (Å²) < 4.78 is 12.8. The fraction of sp³-hybridized carbons (Fsp3) is 0.333. The number of rotatable bonds is 11. The van der Waals surface area contributed by atoms with Gasteiger partial charge in [-0.25, -0.2) is 9.97 Å². The Morgan fingerprint density at radius 2 is 2.27 bits per heavy atom. The Morgan fingerprint density at radius 3 is 3.03 bits per heavy atom. The van der Waals surface area contributed by atoms with Crippen molar-refractivity contribution in [2.45, 2.75) is 33.2 Å². The van der Waals surface area contributed by atoms with Gasteiger partial charge >= 0.3 is 5.97 Å². The molecule has 1 N–H and O–H groups in total. The highest BCUT2D eigenvalue weighted by molar-refractivity contribution is 7.13. The number of carbonyl (C=O) groups is 1. The number of hydrogen-bond acceptors (Lipinski definition) is 8. The highest BCUT2D eigenvalue weighted by atomic mass is 32.1. The highest BCUT2D eigenvalue weighted by Gasteiger charge is 2.08. The first-order valence-electron chi connectivity index (χ1n) is 9.78. The standard InChI is InChI=1S/C21H25N5O3S/c1-3-9-29-19-6-5-16(10-17(19)13-26-8-7-22-15-26)12-23-25-21-24-18(14-30-21)11-20(27)28-4-2/h5-8,10,12,14-15H,3-4,9,11,13H2,1-2H3,(H,24,25). The topological polar surface area (TPSA) is 90.6 Å². The number of aromatic nitrogens is 3. The van der Waals surface area contributed by atoms with Gasteiger partial charge in [-0.15, -0.1) is 11.3 Å². The summed E-state index contributed by atoms with van der Waals surface area (Å²) in [5.74, 6) is 0.577. The van der Waals surface area contributed by atoms with Gasteiger partial charge in [0.25, 0.3) is 0 Å². The largest absolute Gasteiger partial charge is 0.493 e. The third-order valence-corrected chi connectivity index (χ3v) is 4.81. The summed E-state index contributed by atoms with van der Waals surface area (Å²) in [7, 11) is 0. The fourth-order valence-corrected chi connectivity index (χ4v) is 3.35. The lowest BCUT2D eigenvalue weighted by molar-refractivity contribution is -0.142. The lowest BCUT2D eigenvalue weighted by atomic mass is 10.1. The number of carbonyl (C=O) groups excluding carboxylic acids is 1. The number of nitrogens with one attached hydrogen (secondary N) is 1. The second-order valence-electron chi connectivity index (χ2n) is 6.45. The molecule has 0 aliphatic carbocycles. The fourth-order valence-electron chi connectivity index (χ4n) is 2.69. The molecule has 0 bridgehead atoms. The summed E-state index contributed by atoms with van der Waals surface area (Å²) in [6, 6.07) is 5.97. The van der Waals surface area contributed by atoms with Crippen LogP contribution in [0.5, 0.6) is 5.75 Å². The summed E-state index contributed by atoms with van der Waals surface area (Å²) >= 11 is 1.39. The van der Waals surface area contributed by atoms with Crippen LogP contribution in [-0.4, -0.2) is 39.9 Å². The van der Waals surface area contributed by atoms with E-state index in [-0.39, 0.29) is 12.4 Å². The van der Waals surface area contributed by atoms with Crippen molar-refractivity contribution in [1.29, 1.82) is 0 Å². The molecule has 0 atom stereocenters. The van der Waals surface area contributed by atoms with E-state index in [1.54, 1.807) is 25.7 Å². The average Bonchev–Trinajstić information content (AvgIpc) is 3.40. The van der Waals surface area contributed by atoms with Crippen LogP contribution in [0, 0.1) is 0 Å². The summed E-state index contributed by atoms with van der Waals surface area (Å²) in [6.07, 6.45) is 8.29. The van der Waals surface area contributed by atoms with Crippen LogP contribution in [0.25, 0.3) is 0 Å². The van der Waals surface area contributed by atoms with Crippen molar-refractivity contribution in [2.24, 2.45) is 5.10 Å². The Hall–Kier alpha value is -3.20. The second-order valence-corrected chi connectivity index (χ2v) is 7.30. The molecule has 0 aliphatic rings. The number of ether oxygens (including phenoxy) is 2. The van der Waals surface area contributed by atoms with Crippen LogP contribution in [0.2, 0.25) is 0 Å². The van der Waals surface area contributed by atoms with Crippen LogP contribution in [0.3, 0.4) is 0 Å². The lowest BCUT2D eigenvalue weighted by Gasteiger charge is -2.12.